The van der Waals surface area contributed by atoms with Crippen LogP contribution in [0.25, 0.3) is 0 Å². The summed E-state index contributed by atoms with van der Waals surface area (Å²) >= 11 is 5.88. The van der Waals surface area contributed by atoms with Crippen molar-refractivity contribution in [1.82, 2.24) is 4.31 Å². The van der Waals surface area contributed by atoms with Crippen molar-refractivity contribution in [2.45, 2.75) is 37.8 Å². The van der Waals surface area contributed by atoms with Crippen LogP contribution in [-0.4, -0.2) is 37.8 Å². The Hall–Kier alpha value is -2.42. The van der Waals surface area contributed by atoms with Gasteiger partial charge in [-0.05, 0) is 54.3 Å². The SMILES string of the molecule is COC(=O)c1ccc(CN([C@H](CC(C)C)C(N)=O)S(=O)(=O)c2ccc(Cl)cc2)cc1. The fraction of sp³-hybridized carbons (Fsp3) is 0.333. The van der Waals surface area contributed by atoms with E-state index < -0.39 is 27.9 Å². The van der Waals surface area contributed by atoms with Crippen LogP contribution in [0.3, 0.4) is 0 Å². The van der Waals surface area contributed by atoms with E-state index in [1.165, 1.54) is 43.5 Å². The first kappa shape index (κ1) is 23.9. The maximum Gasteiger partial charge on any atom is 0.337 e. The van der Waals surface area contributed by atoms with Crippen LogP contribution in [-0.2, 0) is 26.1 Å². The molecule has 0 aliphatic carbocycles. The molecule has 0 heterocycles. The van der Waals surface area contributed by atoms with E-state index in [9.17, 15) is 18.0 Å². The Labute approximate surface area is 181 Å². The van der Waals surface area contributed by atoms with Crippen LogP contribution >= 0.6 is 11.6 Å². The number of nitrogens with two attached hydrogens (primary N) is 1. The first-order valence-corrected chi connectivity index (χ1v) is 11.1. The predicted molar refractivity (Wildman–Crippen MR) is 114 cm³/mol. The van der Waals surface area contributed by atoms with E-state index >= 15 is 0 Å². The lowest BCUT2D eigenvalue weighted by Crippen LogP contribution is -2.48. The summed E-state index contributed by atoms with van der Waals surface area (Å²) in [7, 11) is -2.78. The minimum Gasteiger partial charge on any atom is -0.465 e. The molecule has 2 rings (SSSR count). The minimum atomic E-state index is -4.05. The van der Waals surface area contributed by atoms with Crippen molar-refractivity contribution in [1.29, 1.82) is 0 Å². The lowest BCUT2D eigenvalue weighted by Gasteiger charge is -2.30. The molecule has 0 saturated heterocycles. The average Bonchev–Trinajstić information content (AvgIpc) is 2.70. The van der Waals surface area contributed by atoms with Crippen molar-refractivity contribution in [2.75, 3.05) is 7.11 Å². The molecule has 1 atom stereocenters. The molecule has 30 heavy (non-hydrogen) atoms. The number of primary amides is 1. The zero-order valence-electron chi connectivity index (χ0n) is 17.0. The van der Waals surface area contributed by atoms with Crippen LogP contribution < -0.4 is 5.73 Å². The van der Waals surface area contributed by atoms with E-state index in [1.54, 1.807) is 12.1 Å². The zero-order valence-corrected chi connectivity index (χ0v) is 18.6. The smallest absolute Gasteiger partial charge is 0.337 e. The summed E-state index contributed by atoms with van der Waals surface area (Å²) in [6.45, 7) is 3.68. The summed E-state index contributed by atoms with van der Waals surface area (Å²) in [5.41, 5.74) is 6.52. The van der Waals surface area contributed by atoms with Crippen LogP contribution in [0.2, 0.25) is 5.02 Å². The molecule has 9 heteroatoms. The number of amides is 1. The van der Waals surface area contributed by atoms with Gasteiger partial charge in [0.1, 0.15) is 6.04 Å². The highest BCUT2D eigenvalue weighted by molar-refractivity contribution is 7.89. The Balaban J connectivity index is 2.48. The van der Waals surface area contributed by atoms with E-state index in [2.05, 4.69) is 4.74 Å². The van der Waals surface area contributed by atoms with Crippen molar-refractivity contribution in [2.24, 2.45) is 11.7 Å². The van der Waals surface area contributed by atoms with Crippen molar-refractivity contribution in [3.63, 3.8) is 0 Å². The highest BCUT2D eigenvalue weighted by Gasteiger charge is 2.35. The van der Waals surface area contributed by atoms with Crippen molar-refractivity contribution >= 4 is 33.5 Å². The van der Waals surface area contributed by atoms with Gasteiger partial charge in [0, 0.05) is 11.6 Å². The highest BCUT2D eigenvalue weighted by Crippen LogP contribution is 2.25. The summed E-state index contributed by atoms with van der Waals surface area (Å²) in [6, 6.07) is 11.0. The molecule has 0 spiro atoms. The summed E-state index contributed by atoms with van der Waals surface area (Å²) < 4.78 is 32.6. The molecule has 2 aromatic rings. The molecule has 0 aliphatic heterocycles. The second-order valence-corrected chi connectivity index (χ2v) is 9.57. The van der Waals surface area contributed by atoms with Crippen LogP contribution in [0.5, 0.6) is 0 Å². The maximum absolute atomic E-state index is 13.4. The molecule has 0 saturated carbocycles. The van der Waals surface area contributed by atoms with E-state index in [1.807, 2.05) is 13.8 Å². The number of carbonyl (C=O) groups is 2. The Morgan fingerprint density at radius 3 is 2.10 bits per heavy atom. The van der Waals surface area contributed by atoms with Crippen molar-refractivity contribution in [3.8, 4) is 0 Å². The normalized spacial score (nSPS) is 12.7. The van der Waals surface area contributed by atoms with Gasteiger partial charge in [0.15, 0.2) is 0 Å². The number of sulfonamides is 1. The van der Waals surface area contributed by atoms with Gasteiger partial charge in [-0.25, -0.2) is 13.2 Å². The molecule has 0 unspecified atom stereocenters. The largest absolute Gasteiger partial charge is 0.465 e. The van der Waals surface area contributed by atoms with Crippen molar-refractivity contribution in [3.05, 3.63) is 64.7 Å². The van der Waals surface area contributed by atoms with E-state index in [0.29, 0.717) is 16.1 Å². The third-order valence-corrected chi connectivity index (χ3v) is 6.63. The summed E-state index contributed by atoms with van der Waals surface area (Å²) in [6.07, 6.45) is 0.266. The molecule has 1 amide bonds. The first-order valence-electron chi connectivity index (χ1n) is 9.30. The van der Waals surface area contributed by atoms with Gasteiger partial charge < -0.3 is 10.5 Å². The quantitative estimate of drug-likeness (QED) is 0.588. The topological polar surface area (TPSA) is 107 Å². The molecule has 7 nitrogen and oxygen atoms in total. The molecule has 0 bridgehead atoms. The number of hydrogen-bond acceptors (Lipinski definition) is 5. The molecule has 0 fully saturated rings. The number of carbonyl (C=O) groups excluding carboxylic acids is 2. The number of ether oxygens (including phenoxy) is 1. The number of rotatable bonds is 9. The van der Waals surface area contributed by atoms with Crippen molar-refractivity contribution < 1.29 is 22.7 Å². The van der Waals surface area contributed by atoms with Crippen LogP contribution in [0.1, 0.15) is 36.2 Å². The molecule has 0 aromatic heterocycles. The van der Waals surface area contributed by atoms with E-state index in [0.717, 1.165) is 4.31 Å². The van der Waals surface area contributed by atoms with Gasteiger partial charge in [-0.1, -0.05) is 37.6 Å². The minimum absolute atomic E-state index is 0.00749. The number of hydrogen-bond donors (Lipinski definition) is 1. The second-order valence-electron chi connectivity index (χ2n) is 7.24. The number of nitrogens with zero attached hydrogens (tertiary/aromatic N) is 1. The van der Waals surface area contributed by atoms with Gasteiger partial charge in [0.05, 0.1) is 17.6 Å². The molecule has 0 radical (unpaired) electrons. The summed E-state index contributed by atoms with van der Waals surface area (Å²) in [5.74, 6) is -1.19. The molecule has 162 valence electrons. The number of esters is 1. The molecule has 2 aromatic carbocycles. The summed E-state index contributed by atoms with van der Waals surface area (Å²) in [5, 5.41) is 0.396. The van der Waals surface area contributed by atoms with Gasteiger partial charge in [0.25, 0.3) is 0 Å². The van der Waals surface area contributed by atoms with Gasteiger partial charge in [0.2, 0.25) is 15.9 Å². The van der Waals surface area contributed by atoms with Crippen LogP contribution in [0, 0.1) is 5.92 Å². The lowest BCUT2D eigenvalue weighted by atomic mass is 10.0. The number of halogens is 1. The monoisotopic (exact) mass is 452 g/mol. The highest BCUT2D eigenvalue weighted by atomic mass is 35.5. The Kier molecular flexibility index (Phi) is 8.00. The van der Waals surface area contributed by atoms with Crippen LogP contribution in [0.4, 0.5) is 0 Å². The van der Waals surface area contributed by atoms with E-state index in [4.69, 9.17) is 17.3 Å². The van der Waals surface area contributed by atoms with Crippen LogP contribution in [0.15, 0.2) is 53.4 Å². The predicted octanol–water partition coefficient (Wildman–Crippen LogP) is 3.22. The van der Waals surface area contributed by atoms with Gasteiger partial charge in [-0.3, -0.25) is 4.79 Å². The maximum atomic E-state index is 13.4. The molecular weight excluding hydrogens is 428 g/mol. The third kappa shape index (κ3) is 5.81. The Morgan fingerprint density at radius 2 is 1.63 bits per heavy atom. The standard InChI is InChI=1S/C21H25ClN2O5S/c1-14(2)12-19(20(23)25)24(30(27,28)18-10-8-17(22)9-11-18)13-15-4-6-16(7-5-15)21(26)29-3/h4-11,14,19H,12-13H2,1-3H3,(H2,23,25)/t19-/m1/s1. The Bertz CT molecular complexity index is 989. The van der Waals surface area contributed by atoms with Gasteiger partial charge in [-0.2, -0.15) is 4.31 Å². The van der Waals surface area contributed by atoms with Gasteiger partial charge >= 0.3 is 5.97 Å². The number of benzene rings is 2. The fourth-order valence-electron chi connectivity index (χ4n) is 2.97. The lowest BCUT2D eigenvalue weighted by molar-refractivity contribution is -0.122. The number of methoxy groups -OCH3 is 1. The molecular formula is C21H25ClN2O5S. The third-order valence-electron chi connectivity index (χ3n) is 4.50. The molecule has 0 aliphatic rings. The van der Waals surface area contributed by atoms with E-state index in [-0.39, 0.29) is 23.8 Å². The Morgan fingerprint density at radius 1 is 1.07 bits per heavy atom. The fourth-order valence-corrected chi connectivity index (χ4v) is 4.69. The second kappa shape index (κ2) is 10.1. The first-order chi connectivity index (χ1) is 14.1. The van der Waals surface area contributed by atoms with Gasteiger partial charge in [-0.15, -0.1) is 0 Å². The zero-order chi connectivity index (χ0) is 22.5. The molecule has 2 N–H and O–H groups in total. The summed E-state index contributed by atoms with van der Waals surface area (Å²) in [4.78, 5) is 23.9. The average molecular weight is 453 g/mol.